The first kappa shape index (κ1) is 30.0. The predicted molar refractivity (Wildman–Crippen MR) is 150 cm³/mol. The third-order valence-electron chi connectivity index (χ3n) is 6.72. The molecule has 0 fully saturated rings. The van der Waals surface area contributed by atoms with Gasteiger partial charge in [0.2, 0.25) is 17.7 Å². The molecule has 4 aromatic rings. The van der Waals surface area contributed by atoms with E-state index in [1.54, 1.807) is 6.20 Å². The maximum Gasteiger partial charge on any atom is 0.328 e. The van der Waals surface area contributed by atoms with Gasteiger partial charge in [-0.3, -0.25) is 14.4 Å². The van der Waals surface area contributed by atoms with Crippen molar-refractivity contribution in [3.8, 4) is 0 Å². The lowest BCUT2D eigenvalue weighted by Gasteiger charge is -2.25. The number of benzene rings is 1. The monoisotopic (exact) mass is 579 g/mol. The van der Waals surface area contributed by atoms with Crippen LogP contribution in [-0.4, -0.2) is 89.1 Å². The number of nitrogens with two attached hydrogens (primary N) is 1. The molecule has 0 aliphatic carbocycles. The third-order valence-corrected chi connectivity index (χ3v) is 6.72. The van der Waals surface area contributed by atoms with Gasteiger partial charge in [0, 0.05) is 60.1 Å². The van der Waals surface area contributed by atoms with Gasteiger partial charge in [0.05, 0.1) is 24.8 Å². The number of rotatable bonds is 14. The number of H-pyrrole nitrogens is 3. The van der Waals surface area contributed by atoms with Gasteiger partial charge >= 0.3 is 5.97 Å². The highest BCUT2D eigenvalue weighted by molar-refractivity contribution is 5.95. The van der Waals surface area contributed by atoms with E-state index in [4.69, 9.17) is 5.73 Å². The first-order valence-electron chi connectivity index (χ1n) is 13.2. The number of nitrogens with one attached hydrogen (secondary N) is 6. The molecular weight excluding hydrogens is 546 g/mol. The average molecular weight is 580 g/mol. The lowest BCUT2D eigenvalue weighted by molar-refractivity contribution is -0.145. The highest BCUT2D eigenvalue weighted by Gasteiger charge is 2.33. The number of aliphatic hydroxyl groups excluding tert-OH is 1. The molecule has 0 aliphatic rings. The van der Waals surface area contributed by atoms with Crippen LogP contribution < -0.4 is 21.7 Å². The minimum Gasteiger partial charge on any atom is -0.480 e. The first-order valence-corrected chi connectivity index (χ1v) is 13.2. The second-order valence-corrected chi connectivity index (χ2v) is 9.92. The number of aromatic nitrogens is 5. The number of carbonyl (C=O) groups is 4. The summed E-state index contributed by atoms with van der Waals surface area (Å²) in [6.07, 6.45) is 6.33. The van der Waals surface area contributed by atoms with Gasteiger partial charge in [0.1, 0.15) is 12.1 Å². The minimum atomic E-state index is -1.61. The Balaban J connectivity index is 1.57. The number of carboxylic acid groups (broad SMARTS) is 1. The van der Waals surface area contributed by atoms with Crippen molar-refractivity contribution in [1.82, 2.24) is 40.9 Å². The van der Waals surface area contributed by atoms with Gasteiger partial charge < -0.3 is 46.8 Å². The molecule has 0 radical (unpaired) electrons. The number of imidazole rings is 2. The molecule has 15 heteroatoms. The molecule has 15 nitrogen and oxygen atoms in total. The Bertz CT molecular complexity index is 1500. The van der Waals surface area contributed by atoms with Crippen molar-refractivity contribution in [3.05, 3.63) is 72.5 Å². The second-order valence-electron chi connectivity index (χ2n) is 9.92. The number of hydrogen-bond donors (Lipinski definition) is 9. The number of aromatic amines is 3. The van der Waals surface area contributed by atoms with Crippen LogP contribution in [0, 0.1) is 0 Å². The maximum atomic E-state index is 13.6. The summed E-state index contributed by atoms with van der Waals surface area (Å²) in [5.74, 6) is -3.59. The standard InChI is InChI=1S/C27H33N9O6/c1-14(37)23(27(41)42)36-26(40)21(6-15-9-31-20-5-3-2-4-18(15)20)35-25(39)22(8-17-11-30-13-33-17)34-24(38)19(28)7-16-10-29-12-32-16/h2-5,9-14,19,21-23,31,37H,6-8,28H2,1H3,(H,29,32)(H,30,33)(H,34,38)(H,35,39)(H,36,40)(H,41,42). The van der Waals surface area contributed by atoms with Crippen molar-refractivity contribution in [2.75, 3.05) is 0 Å². The molecule has 3 heterocycles. The van der Waals surface area contributed by atoms with Crippen LogP contribution in [0.5, 0.6) is 0 Å². The fraction of sp³-hybridized carbons (Fsp3) is 0.333. The molecule has 0 bridgehead atoms. The molecule has 0 spiro atoms. The van der Waals surface area contributed by atoms with Gasteiger partial charge in [0.15, 0.2) is 6.04 Å². The molecule has 3 aromatic heterocycles. The molecule has 0 saturated heterocycles. The number of aliphatic hydroxyl groups is 1. The smallest absolute Gasteiger partial charge is 0.328 e. The summed E-state index contributed by atoms with van der Waals surface area (Å²) >= 11 is 0. The van der Waals surface area contributed by atoms with E-state index in [0.29, 0.717) is 17.0 Å². The summed E-state index contributed by atoms with van der Waals surface area (Å²) in [4.78, 5) is 68.3. The van der Waals surface area contributed by atoms with E-state index in [1.165, 1.54) is 32.0 Å². The summed E-state index contributed by atoms with van der Waals surface area (Å²) in [5, 5.41) is 27.8. The van der Waals surface area contributed by atoms with Crippen LogP contribution in [0.15, 0.2) is 55.5 Å². The number of hydrogen-bond acceptors (Lipinski definition) is 8. The van der Waals surface area contributed by atoms with Crippen molar-refractivity contribution in [2.45, 2.75) is 56.5 Å². The topological polar surface area (TPSA) is 244 Å². The van der Waals surface area contributed by atoms with E-state index in [1.807, 2.05) is 24.3 Å². The van der Waals surface area contributed by atoms with E-state index < -0.39 is 54.0 Å². The molecule has 4 rings (SSSR count). The molecule has 5 unspecified atom stereocenters. The lowest BCUT2D eigenvalue weighted by Crippen LogP contribution is -2.59. The predicted octanol–water partition coefficient (Wildman–Crippen LogP) is -1.11. The molecule has 0 aliphatic heterocycles. The Kier molecular flexibility index (Phi) is 9.67. The highest BCUT2D eigenvalue weighted by atomic mass is 16.4. The van der Waals surface area contributed by atoms with E-state index in [2.05, 4.69) is 40.9 Å². The summed E-state index contributed by atoms with van der Waals surface area (Å²) in [6.45, 7) is 1.23. The fourth-order valence-electron chi connectivity index (χ4n) is 4.47. The zero-order valence-electron chi connectivity index (χ0n) is 22.7. The van der Waals surface area contributed by atoms with Crippen LogP contribution >= 0.6 is 0 Å². The van der Waals surface area contributed by atoms with Crippen LogP contribution in [0.1, 0.15) is 23.9 Å². The summed E-state index contributed by atoms with van der Waals surface area (Å²) in [7, 11) is 0. The number of para-hydroxylation sites is 1. The van der Waals surface area contributed by atoms with E-state index >= 15 is 0 Å². The molecule has 222 valence electrons. The van der Waals surface area contributed by atoms with Crippen molar-refractivity contribution >= 4 is 34.6 Å². The third kappa shape index (κ3) is 7.58. The quantitative estimate of drug-likeness (QED) is 0.0878. The average Bonchev–Trinajstić information content (AvgIpc) is 3.74. The number of fused-ring (bicyclic) bond motifs is 1. The van der Waals surface area contributed by atoms with Gasteiger partial charge in [-0.2, -0.15) is 0 Å². The van der Waals surface area contributed by atoms with E-state index in [0.717, 1.165) is 10.9 Å². The SMILES string of the molecule is CC(O)C(NC(=O)C(Cc1c[nH]c2ccccc12)NC(=O)C(Cc1cnc[nH]1)NC(=O)C(N)Cc1cnc[nH]1)C(=O)O. The Hall–Kier alpha value is -5.02. The van der Waals surface area contributed by atoms with Gasteiger partial charge in [-0.1, -0.05) is 18.2 Å². The zero-order chi connectivity index (χ0) is 30.2. The van der Waals surface area contributed by atoms with Crippen molar-refractivity contribution in [2.24, 2.45) is 5.73 Å². The first-order chi connectivity index (χ1) is 20.1. The molecule has 1 aromatic carbocycles. The summed E-state index contributed by atoms with van der Waals surface area (Å²) in [5.41, 5.74) is 8.74. The van der Waals surface area contributed by atoms with Gasteiger partial charge in [0.25, 0.3) is 0 Å². The van der Waals surface area contributed by atoms with Crippen LogP contribution in [0.2, 0.25) is 0 Å². The Morgan fingerprint density at radius 1 is 0.857 bits per heavy atom. The van der Waals surface area contributed by atoms with E-state index in [9.17, 15) is 29.4 Å². The van der Waals surface area contributed by atoms with Crippen LogP contribution in [0.4, 0.5) is 0 Å². The summed E-state index contributed by atoms with van der Waals surface area (Å²) in [6, 6.07) is 2.31. The molecule has 10 N–H and O–H groups in total. The van der Waals surface area contributed by atoms with Crippen molar-refractivity contribution in [1.29, 1.82) is 0 Å². The number of amides is 3. The minimum absolute atomic E-state index is 0.00119. The molecular formula is C27H33N9O6. The highest BCUT2D eigenvalue weighted by Crippen LogP contribution is 2.19. The largest absolute Gasteiger partial charge is 0.480 e. The van der Waals surface area contributed by atoms with Crippen LogP contribution in [0.25, 0.3) is 10.9 Å². The van der Waals surface area contributed by atoms with Crippen molar-refractivity contribution < 1.29 is 29.4 Å². The number of carboxylic acids is 1. The molecule has 3 amide bonds. The summed E-state index contributed by atoms with van der Waals surface area (Å²) < 4.78 is 0. The molecule has 42 heavy (non-hydrogen) atoms. The normalized spacial score (nSPS) is 14.8. The lowest BCUT2D eigenvalue weighted by atomic mass is 10.0. The molecule has 5 atom stereocenters. The van der Waals surface area contributed by atoms with Gasteiger partial charge in [-0.15, -0.1) is 0 Å². The van der Waals surface area contributed by atoms with Gasteiger partial charge in [-0.05, 0) is 18.6 Å². The number of carbonyl (C=O) groups excluding carboxylic acids is 3. The van der Waals surface area contributed by atoms with Crippen LogP contribution in [0.3, 0.4) is 0 Å². The maximum absolute atomic E-state index is 13.6. The van der Waals surface area contributed by atoms with E-state index in [-0.39, 0.29) is 19.3 Å². The fourth-order valence-corrected chi connectivity index (χ4v) is 4.47. The zero-order valence-corrected chi connectivity index (χ0v) is 22.7. The Morgan fingerprint density at radius 3 is 2.07 bits per heavy atom. The Morgan fingerprint density at radius 2 is 1.45 bits per heavy atom. The van der Waals surface area contributed by atoms with Crippen molar-refractivity contribution in [3.63, 3.8) is 0 Å². The number of nitrogens with zero attached hydrogens (tertiary/aromatic N) is 2. The Labute approximate surface area is 239 Å². The van der Waals surface area contributed by atoms with Gasteiger partial charge in [-0.25, -0.2) is 14.8 Å². The van der Waals surface area contributed by atoms with Crippen LogP contribution in [-0.2, 0) is 38.4 Å². The number of aliphatic carboxylic acids is 1. The second kappa shape index (κ2) is 13.6. The molecule has 0 saturated carbocycles.